The van der Waals surface area contributed by atoms with Crippen molar-refractivity contribution < 1.29 is 17.6 Å². The van der Waals surface area contributed by atoms with Crippen LogP contribution in [0.3, 0.4) is 0 Å². The summed E-state index contributed by atoms with van der Waals surface area (Å²) in [5.41, 5.74) is 1.41. The molecule has 2 rings (SSSR count). The lowest BCUT2D eigenvalue weighted by atomic mass is 10.3. The van der Waals surface area contributed by atoms with Crippen LogP contribution in [0.1, 0.15) is 21.9 Å². The molecule has 0 fully saturated rings. The lowest BCUT2D eigenvalue weighted by Crippen LogP contribution is -2.23. The molecular weight excluding hydrogens is 268 g/mol. The molecule has 100 valence electrons. The lowest BCUT2D eigenvalue weighted by Gasteiger charge is -2.04. The van der Waals surface area contributed by atoms with Gasteiger partial charge in [0.1, 0.15) is 0 Å². The maximum absolute atomic E-state index is 11.9. The average molecular weight is 280 g/mol. The zero-order valence-corrected chi connectivity index (χ0v) is 11.0. The zero-order valence-electron chi connectivity index (χ0n) is 10.2. The fourth-order valence-electron chi connectivity index (χ4n) is 1.48. The molecule has 6 nitrogen and oxygen atoms in total. The van der Waals surface area contributed by atoms with Gasteiger partial charge in [-0.2, -0.15) is 0 Å². The molecule has 0 aliphatic heterocycles. The number of nitrogens with zero attached hydrogens (tertiary/aromatic N) is 1. The van der Waals surface area contributed by atoms with Crippen LogP contribution in [-0.2, 0) is 16.6 Å². The summed E-state index contributed by atoms with van der Waals surface area (Å²) in [6.45, 7) is 1.88. The van der Waals surface area contributed by atoms with Gasteiger partial charge in [0, 0.05) is 5.69 Å². The number of hydrogen-bond acceptors (Lipinski definition) is 5. The lowest BCUT2D eigenvalue weighted by molar-refractivity contribution is 0.109. The Morgan fingerprint density at radius 2 is 2.11 bits per heavy atom. The molecule has 0 amide bonds. The van der Waals surface area contributed by atoms with Crippen LogP contribution in [0.25, 0.3) is 0 Å². The second-order valence-corrected chi connectivity index (χ2v) is 5.57. The summed E-state index contributed by atoms with van der Waals surface area (Å²) in [5.74, 6) is -0.0333. The number of rotatable bonds is 5. The van der Waals surface area contributed by atoms with Crippen LogP contribution in [0, 0.1) is 6.92 Å². The van der Waals surface area contributed by atoms with E-state index in [1.54, 1.807) is 12.1 Å². The average Bonchev–Trinajstić information content (AvgIpc) is 2.86. The first-order valence-electron chi connectivity index (χ1n) is 5.48. The second-order valence-electron chi connectivity index (χ2n) is 3.87. The van der Waals surface area contributed by atoms with E-state index in [2.05, 4.69) is 9.71 Å². The molecule has 0 unspecified atom stereocenters. The normalized spacial score (nSPS) is 11.4. The molecule has 2 aromatic rings. The van der Waals surface area contributed by atoms with Crippen molar-refractivity contribution in [2.75, 3.05) is 0 Å². The first kappa shape index (κ1) is 13.4. The fraction of sp³-hybridized carbons (Fsp3) is 0.167. The highest BCUT2D eigenvalue weighted by atomic mass is 32.2. The molecule has 2 aromatic heterocycles. The van der Waals surface area contributed by atoms with Crippen molar-refractivity contribution in [3.63, 3.8) is 0 Å². The Bertz CT molecular complexity index is 691. The topological polar surface area (TPSA) is 89.3 Å². The number of aldehydes is 1. The molecular formula is C12H12N2O4S. The molecule has 0 spiro atoms. The summed E-state index contributed by atoms with van der Waals surface area (Å²) < 4.78 is 31.0. The van der Waals surface area contributed by atoms with E-state index in [1.165, 1.54) is 12.1 Å². The molecule has 0 atom stereocenters. The fourth-order valence-corrected chi connectivity index (χ4v) is 2.41. The minimum absolute atomic E-state index is 0.0333. The van der Waals surface area contributed by atoms with E-state index >= 15 is 0 Å². The van der Waals surface area contributed by atoms with Crippen molar-refractivity contribution in [3.05, 3.63) is 47.5 Å². The number of hydrogen-bond donors (Lipinski definition) is 1. The van der Waals surface area contributed by atoms with Crippen LogP contribution in [0.5, 0.6) is 0 Å². The molecule has 0 bridgehead atoms. The third kappa shape index (κ3) is 3.27. The zero-order chi connectivity index (χ0) is 13.9. The van der Waals surface area contributed by atoms with Crippen molar-refractivity contribution in [3.8, 4) is 0 Å². The second kappa shape index (κ2) is 5.33. The summed E-state index contributed by atoms with van der Waals surface area (Å²) in [6.07, 6.45) is 0.446. The van der Waals surface area contributed by atoms with Crippen LogP contribution in [0.15, 0.2) is 39.8 Å². The molecule has 0 aliphatic carbocycles. The number of carbonyl (C=O) groups excluding carboxylic acids is 1. The Morgan fingerprint density at radius 1 is 1.32 bits per heavy atom. The molecule has 0 aromatic carbocycles. The molecule has 0 saturated carbocycles. The van der Waals surface area contributed by atoms with Gasteiger partial charge in [-0.15, -0.1) is 0 Å². The van der Waals surface area contributed by atoms with Crippen molar-refractivity contribution in [1.29, 1.82) is 0 Å². The van der Waals surface area contributed by atoms with Gasteiger partial charge in [-0.3, -0.25) is 9.78 Å². The van der Waals surface area contributed by atoms with E-state index in [0.29, 0.717) is 12.0 Å². The van der Waals surface area contributed by atoms with E-state index < -0.39 is 10.0 Å². The van der Waals surface area contributed by atoms with Gasteiger partial charge in [0.15, 0.2) is 12.0 Å². The largest absolute Gasteiger partial charge is 0.440 e. The Hall–Kier alpha value is -1.99. The summed E-state index contributed by atoms with van der Waals surface area (Å²) in [7, 11) is -3.78. The Kier molecular flexibility index (Phi) is 3.77. The first-order valence-corrected chi connectivity index (χ1v) is 6.97. The minimum atomic E-state index is -3.78. The Balaban J connectivity index is 2.11. The molecule has 19 heavy (non-hydrogen) atoms. The predicted molar refractivity (Wildman–Crippen MR) is 67.1 cm³/mol. The molecule has 7 heteroatoms. The monoisotopic (exact) mass is 280 g/mol. The van der Waals surface area contributed by atoms with Crippen LogP contribution < -0.4 is 4.72 Å². The van der Waals surface area contributed by atoms with E-state index in [0.717, 1.165) is 5.69 Å². The number of aromatic nitrogens is 1. The minimum Gasteiger partial charge on any atom is -0.440 e. The van der Waals surface area contributed by atoms with Gasteiger partial charge in [-0.05, 0) is 31.2 Å². The SMILES string of the molecule is Cc1cccc(CNS(=O)(=O)c2ccc(C=O)o2)n1. The van der Waals surface area contributed by atoms with Crippen molar-refractivity contribution in [2.24, 2.45) is 0 Å². The van der Waals surface area contributed by atoms with Gasteiger partial charge in [-0.25, -0.2) is 13.1 Å². The summed E-state index contributed by atoms with van der Waals surface area (Å²) in [6, 6.07) is 7.86. The van der Waals surface area contributed by atoms with Crippen LogP contribution in [0.4, 0.5) is 0 Å². The van der Waals surface area contributed by atoms with Gasteiger partial charge in [0.05, 0.1) is 12.2 Å². The summed E-state index contributed by atoms with van der Waals surface area (Å²) in [4.78, 5) is 14.6. The standard InChI is InChI=1S/C12H12N2O4S/c1-9-3-2-4-10(14-9)7-13-19(16,17)12-6-5-11(8-15)18-12/h2-6,8,13H,7H2,1H3. The number of sulfonamides is 1. The highest BCUT2D eigenvalue weighted by molar-refractivity contribution is 7.89. The van der Waals surface area contributed by atoms with Crippen LogP contribution in [-0.4, -0.2) is 19.7 Å². The molecule has 0 radical (unpaired) electrons. The van der Waals surface area contributed by atoms with Crippen LogP contribution >= 0.6 is 0 Å². The third-order valence-corrected chi connectivity index (χ3v) is 3.65. The predicted octanol–water partition coefficient (Wildman–Crippen LogP) is 1.27. The van der Waals surface area contributed by atoms with Gasteiger partial charge in [-0.1, -0.05) is 6.07 Å². The van der Waals surface area contributed by atoms with E-state index in [-0.39, 0.29) is 17.4 Å². The Morgan fingerprint density at radius 3 is 2.74 bits per heavy atom. The number of pyridine rings is 1. The molecule has 1 N–H and O–H groups in total. The number of furan rings is 1. The van der Waals surface area contributed by atoms with E-state index in [1.807, 2.05) is 13.0 Å². The van der Waals surface area contributed by atoms with Gasteiger partial charge in [0.25, 0.3) is 10.0 Å². The number of aryl methyl sites for hydroxylation is 1. The van der Waals surface area contributed by atoms with E-state index in [9.17, 15) is 13.2 Å². The van der Waals surface area contributed by atoms with E-state index in [4.69, 9.17) is 4.42 Å². The molecule has 2 heterocycles. The van der Waals surface area contributed by atoms with Crippen molar-refractivity contribution in [2.45, 2.75) is 18.6 Å². The number of carbonyl (C=O) groups is 1. The highest BCUT2D eigenvalue weighted by Crippen LogP contribution is 2.12. The number of nitrogens with one attached hydrogen (secondary N) is 1. The maximum Gasteiger partial charge on any atom is 0.274 e. The Labute approximate surface area is 110 Å². The molecule has 0 saturated heterocycles. The summed E-state index contributed by atoms with van der Waals surface area (Å²) in [5, 5.41) is -0.290. The third-order valence-electron chi connectivity index (χ3n) is 2.37. The van der Waals surface area contributed by atoms with Gasteiger partial charge >= 0.3 is 0 Å². The highest BCUT2D eigenvalue weighted by Gasteiger charge is 2.18. The maximum atomic E-state index is 11.9. The van der Waals surface area contributed by atoms with Gasteiger partial charge in [0.2, 0.25) is 5.09 Å². The quantitative estimate of drug-likeness (QED) is 0.833. The summed E-state index contributed by atoms with van der Waals surface area (Å²) >= 11 is 0. The van der Waals surface area contributed by atoms with Crippen molar-refractivity contribution >= 4 is 16.3 Å². The van der Waals surface area contributed by atoms with Gasteiger partial charge < -0.3 is 4.42 Å². The smallest absolute Gasteiger partial charge is 0.274 e. The first-order chi connectivity index (χ1) is 9.01. The molecule has 0 aliphatic rings. The van der Waals surface area contributed by atoms with Crippen LogP contribution in [0.2, 0.25) is 0 Å². The van der Waals surface area contributed by atoms with Crippen molar-refractivity contribution in [1.82, 2.24) is 9.71 Å².